The van der Waals surface area contributed by atoms with Gasteiger partial charge in [-0.2, -0.15) is 0 Å². The topological polar surface area (TPSA) is 68.0 Å². The fraction of sp³-hybridized carbons (Fsp3) is 0.667. The van der Waals surface area contributed by atoms with Crippen molar-refractivity contribution in [2.24, 2.45) is 0 Å². The predicted molar refractivity (Wildman–Crippen MR) is 49.0 cm³/mol. The number of carboxylic acid groups (broad SMARTS) is 1. The Hall–Kier alpha value is -1.39. The van der Waals surface area contributed by atoms with Crippen LogP contribution in [0.4, 0.5) is 0 Å². The minimum atomic E-state index is -0.777. The van der Waals surface area contributed by atoms with E-state index >= 15 is 0 Å². The van der Waals surface area contributed by atoms with E-state index in [1.807, 2.05) is 6.92 Å². The second kappa shape index (κ2) is 3.40. The van der Waals surface area contributed by atoms with Crippen LogP contribution in [0.2, 0.25) is 0 Å². The van der Waals surface area contributed by atoms with Crippen molar-refractivity contribution in [2.75, 3.05) is 0 Å². The van der Waals surface area contributed by atoms with Crippen LogP contribution in [0.5, 0.6) is 0 Å². The molecule has 76 valence electrons. The van der Waals surface area contributed by atoms with Gasteiger partial charge in [-0.3, -0.25) is 0 Å². The summed E-state index contributed by atoms with van der Waals surface area (Å²) in [6.07, 6.45) is 3.15. The molecule has 0 saturated carbocycles. The molecule has 0 radical (unpaired) electrons. The third-order valence-corrected chi connectivity index (χ3v) is 2.63. The Morgan fingerprint density at radius 3 is 3.07 bits per heavy atom. The molecular weight excluding hydrogens is 182 g/mol. The molecule has 1 aliphatic rings. The van der Waals surface area contributed by atoms with E-state index in [2.05, 4.69) is 10.2 Å². The minimum absolute atomic E-state index is 0.455. The first-order chi connectivity index (χ1) is 6.74. The van der Waals surface area contributed by atoms with Crippen molar-refractivity contribution >= 4 is 5.97 Å². The van der Waals surface area contributed by atoms with Gasteiger partial charge in [0.15, 0.2) is 0 Å². The third-order valence-electron chi connectivity index (χ3n) is 2.63. The summed E-state index contributed by atoms with van der Waals surface area (Å²) in [6, 6.07) is -0.455. The molecule has 0 aromatic carbocycles. The largest absolute Gasteiger partial charge is 0.480 e. The molecule has 2 rings (SSSR count). The van der Waals surface area contributed by atoms with Crippen LogP contribution in [0.3, 0.4) is 0 Å². The number of carbonyl (C=O) groups is 1. The van der Waals surface area contributed by atoms with E-state index in [0.717, 1.165) is 30.9 Å². The van der Waals surface area contributed by atoms with Crippen LogP contribution >= 0.6 is 0 Å². The van der Waals surface area contributed by atoms with Gasteiger partial charge >= 0.3 is 5.97 Å². The Morgan fingerprint density at radius 2 is 2.43 bits per heavy atom. The number of hydrogen-bond donors (Lipinski definition) is 1. The number of hydrogen-bond acceptors (Lipinski definition) is 3. The maximum absolute atomic E-state index is 11.0. The number of aliphatic carboxylic acids is 1. The lowest BCUT2D eigenvalue weighted by molar-refractivity contribution is -0.141. The summed E-state index contributed by atoms with van der Waals surface area (Å²) in [5.74, 6) is 0.827. The minimum Gasteiger partial charge on any atom is -0.480 e. The van der Waals surface area contributed by atoms with Gasteiger partial charge in [0.25, 0.3) is 0 Å². The number of nitrogens with zero attached hydrogens (tertiary/aromatic N) is 3. The lowest BCUT2D eigenvalue weighted by Crippen LogP contribution is -2.26. The zero-order valence-corrected chi connectivity index (χ0v) is 8.10. The highest BCUT2D eigenvalue weighted by atomic mass is 16.4. The van der Waals surface area contributed by atoms with Crippen LogP contribution in [0.25, 0.3) is 0 Å². The average molecular weight is 195 g/mol. The molecule has 1 atom stereocenters. The smallest absolute Gasteiger partial charge is 0.326 e. The Labute approximate surface area is 81.8 Å². The fourth-order valence-electron chi connectivity index (χ4n) is 1.95. The molecule has 1 aromatic rings. The van der Waals surface area contributed by atoms with Crippen molar-refractivity contribution in [1.29, 1.82) is 0 Å². The lowest BCUT2D eigenvalue weighted by Gasteiger charge is -2.22. The highest BCUT2D eigenvalue weighted by molar-refractivity contribution is 5.72. The van der Waals surface area contributed by atoms with Crippen molar-refractivity contribution in [3.05, 3.63) is 11.6 Å². The quantitative estimate of drug-likeness (QED) is 0.758. The molecule has 5 heteroatoms. The highest BCUT2D eigenvalue weighted by Gasteiger charge is 2.28. The van der Waals surface area contributed by atoms with Crippen LogP contribution in [0, 0.1) is 0 Å². The summed E-state index contributed by atoms with van der Waals surface area (Å²) in [6.45, 7) is 1.96. The van der Waals surface area contributed by atoms with Crippen molar-refractivity contribution in [3.8, 4) is 0 Å². The van der Waals surface area contributed by atoms with Gasteiger partial charge in [0.2, 0.25) is 0 Å². The summed E-state index contributed by atoms with van der Waals surface area (Å²) in [5.41, 5.74) is 0. The molecule has 0 bridgehead atoms. The summed E-state index contributed by atoms with van der Waals surface area (Å²) >= 11 is 0. The van der Waals surface area contributed by atoms with E-state index in [1.165, 1.54) is 0 Å². The Morgan fingerprint density at radius 1 is 1.64 bits per heavy atom. The van der Waals surface area contributed by atoms with Crippen LogP contribution < -0.4 is 0 Å². The number of fused-ring (bicyclic) bond motifs is 1. The molecule has 1 N–H and O–H groups in total. The number of carboxylic acids is 1. The first-order valence-electron chi connectivity index (χ1n) is 4.89. The number of rotatable bonds is 2. The van der Waals surface area contributed by atoms with Crippen molar-refractivity contribution in [3.63, 3.8) is 0 Å². The van der Waals surface area contributed by atoms with Crippen molar-refractivity contribution in [1.82, 2.24) is 14.8 Å². The summed E-state index contributed by atoms with van der Waals surface area (Å²) in [4.78, 5) is 11.0. The van der Waals surface area contributed by atoms with Gasteiger partial charge < -0.3 is 9.67 Å². The summed E-state index contributed by atoms with van der Waals surface area (Å²) in [7, 11) is 0. The van der Waals surface area contributed by atoms with E-state index < -0.39 is 12.0 Å². The molecule has 0 aliphatic carbocycles. The first kappa shape index (κ1) is 9.18. The maximum Gasteiger partial charge on any atom is 0.326 e. The van der Waals surface area contributed by atoms with Gasteiger partial charge in [-0.25, -0.2) is 4.79 Å². The van der Waals surface area contributed by atoms with Gasteiger partial charge in [0.1, 0.15) is 17.7 Å². The van der Waals surface area contributed by atoms with E-state index in [-0.39, 0.29) is 0 Å². The molecule has 0 fully saturated rings. The summed E-state index contributed by atoms with van der Waals surface area (Å²) < 4.78 is 1.78. The fourth-order valence-corrected chi connectivity index (χ4v) is 1.95. The molecule has 0 spiro atoms. The standard InChI is InChI=1S/C9H13N3O2/c1-2-7-10-11-8-5-3-4-6(9(13)14)12(7)8/h6H,2-5H2,1H3,(H,13,14). The Kier molecular flexibility index (Phi) is 2.23. The monoisotopic (exact) mass is 195 g/mol. The molecule has 1 unspecified atom stereocenters. The Balaban J connectivity index is 2.44. The van der Waals surface area contributed by atoms with Gasteiger partial charge in [-0.15, -0.1) is 10.2 Å². The second-order valence-electron chi connectivity index (χ2n) is 3.50. The zero-order valence-electron chi connectivity index (χ0n) is 8.10. The zero-order chi connectivity index (χ0) is 10.1. The van der Waals surface area contributed by atoms with Gasteiger partial charge in [-0.05, 0) is 12.8 Å². The van der Waals surface area contributed by atoms with Gasteiger partial charge in [-0.1, -0.05) is 6.92 Å². The lowest BCUT2D eigenvalue weighted by atomic mass is 10.0. The number of aryl methyl sites for hydroxylation is 2. The van der Waals surface area contributed by atoms with Crippen LogP contribution in [0.1, 0.15) is 37.5 Å². The second-order valence-corrected chi connectivity index (χ2v) is 3.50. The normalized spacial score (nSPS) is 20.5. The van der Waals surface area contributed by atoms with Gasteiger partial charge in [0.05, 0.1) is 0 Å². The summed E-state index contributed by atoms with van der Waals surface area (Å²) in [5, 5.41) is 17.1. The first-order valence-corrected chi connectivity index (χ1v) is 4.89. The third kappa shape index (κ3) is 1.29. The van der Waals surface area contributed by atoms with Crippen LogP contribution in [-0.4, -0.2) is 25.8 Å². The Bertz CT molecular complexity index is 345. The van der Waals surface area contributed by atoms with E-state index in [1.54, 1.807) is 4.57 Å². The van der Waals surface area contributed by atoms with Crippen LogP contribution in [0.15, 0.2) is 0 Å². The average Bonchev–Trinajstić information content (AvgIpc) is 2.59. The molecule has 2 heterocycles. The molecule has 1 aromatic heterocycles. The van der Waals surface area contributed by atoms with Crippen LogP contribution in [-0.2, 0) is 17.6 Å². The van der Waals surface area contributed by atoms with Gasteiger partial charge in [0, 0.05) is 12.8 Å². The molecule has 0 amide bonds. The number of aromatic nitrogens is 3. The molecule has 0 saturated heterocycles. The van der Waals surface area contributed by atoms with Crippen molar-refractivity contribution in [2.45, 2.75) is 38.6 Å². The van der Waals surface area contributed by atoms with E-state index in [4.69, 9.17) is 5.11 Å². The molecule has 5 nitrogen and oxygen atoms in total. The highest BCUT2D eigenvalue weighted by Crippen LogP contribution is 2.25. The SMILES string of the molecule is CCc1nnc2n1C(C(=O)O)CCC2. The maximum atomic E-state index is 11.0. The molecule has 14 heavy (non-hydrogen) atoms. The molecule has 1 aliphatic heterocycles. The van der Waals surface area contributed by atoms with Crippen molar-refractivity contribution < 1.29 is 9.90 Å². The predicted octanol–water partition coefficient (Wildman–Crippen LogP) is 0.802. The van der Waals surface area contributed by atoms with E-state index in [9.17, 15) is 4.79 Å². The molecular formula is C9H13N3O2. The van der Waals surface area contributed by atoms with E-state index in [0.29, 0.717) is 6.42 Å².